The van der Waals surface area contributed by atoms with Gasteiger partial charge in [0.1, 0.15) is 5.82 Å². The zero-order valence-corrected chi connectivity index (χ0v) is 16.7. The number of carbonyl (C=O) groups is 1. The molecule has 0 aliphatic carbocycles. The highest BCUT2D eigenvalue weighted by atomic mass is 32.2. The molecule has 4 aromatic rings. The lowest BCUT2D eigenvalue weighted by Crippen LogP contribution is -2.28. The monoisotopic (exact) mass is 396 g/mol. The minimum absolute atomic E-state index is 0.0635. The summed E-state index contributed by atoms with van der Waals surface area (Å²) in [6.45, 7) is 4.32. The first-order valence-electron chi connectivity index (χ1n) is 8.89. The van der Waals surface area contributed by atoms with Gasteiger partial charge >= 0.3 is 0 Å². The van der Waals surface area contributed by atoms with E-state index >= 15 is 0 Å². The van der Waals surface area contributed by atoms with Crippen LogP contribution in [0.3, 0.4) is 0 Å². The second kappa shape index (κ2) is 7.55. The Balaban J connectivity index is 1.43. The summed E-state index contributed by atoms with van der Waals surface area (Å²) in [4.78, 5) is 21.3. The van der Waals surface area contributed by atoms with Crippen molar-refractivity contribution < 1.29 is 4.79 Å². The Morgan fingerprint density at radius 3 is 2.89 bits per heavy atom. The highest BCUT2D eigenvalue weighted by Gasteiger charge is 2.16. The maximum atomic E-state index is 12.5. The molecule has 0 unspecified atom stereocenters. The Kier molecular flexibility index (Phi) is 4.95. The van der Waals surface area contributed by atoms with Gasteiger partial charge in [-0.25, -0.2) is 9.50 Å². The van der Waals surface area contributed by atoms with Crippen LogP contribution in [0.4, 0.5) is 0 Å². The third kappa shape index (κ3) is 3.42. The van der Waals surface area contributed by atoms with E-state index in [4.69, 9.17) is 0 Å². The second-order valence-corrected chi connectivity index (χ2v) is 7.17. The number of thioether (sulfide) groups is 1. The highest BCUT2D eigenvalue weighted by Crippen LogP contribution is 2.17. The standard InChI is InChI=1S/C18H20N8OS/c1-11-13(12(2)26-17(20-11)21-18(24-26)28-3)10-16(27)19-8-7-15-23-22-14-6-4-5-9-25(14)15/h4-6,9H,7-8,10H2,1-3H3,(H,19,27). The molecule has 144 valence electrons. The lowest BCUT2D eigenvalue weighted by atomic mass is 10.1. The summed E-state index contributed by atoms with van der Waals surface area (Å²) in [6.07, 6.45) is 4.69. The maximum absolute atomic E-state index is 12.5. The molecular weight excluding hydrogens is 376 g/mol. The van der Waals surface area contributed by atoms with Crippen molar-refractivity contribution in [2.24, 2.45) is 0 Å². The van der Waals surface area contributed by atoms with E-state index in [1.54, 1.807) is 4.52 Å². The molecule has 28 heavy (non-hydrogen) atoms. The number of rotatable bonds is 6. The van der Waals surface area contributed by atoms with Crippen molar-refractivity contribution in [3.05, 3.63) is 47.2 Å². The molecule has 0 bridgehead atoms. The van der Waals surface area contributed by atoms with Gasteiger partial charge in [-0.05, 0) is 32.2 Å². The van der Waals surface area contributed by atoms with Crippen LogP contribution in [0.15, 0.2) is 29.6 Å². The Hall–Kier alpha value is -3.01. The van der Waals surface area contributed by atoms with Gasteiger partial charge < -0.3 is 5.32 Å². The van der Waals surface area contributed by atoms with Gasteiger partial charge in [-0.15, -0.1) is 15.3 Å². The van der Waals surface area contributed by atoms with Crippen molar-refractivity contribution in [2.75, 3.05) is 12.8 Å². The number of aromatic nitrogens is 7. The summed E-state index contributed by atoms with van der Waals surface area (Å²) in [5.41, 5.74) is 3.35. The van der Waals surface area contributed by atoms with E-state index < -0.39 is 0 Å². The molecule has 9 nitrogen and oxygen atoms in total. The largest absolute Gasteiger partial charge is 0.355 e. The van der Waals surface area contributed by atoms with Crippen LogP contribution < -0.4 is 5.32 Å². The Bertz CT molecular complexity index is 1170. The van der Waals surface area contributed by atoms with Crippen LogP contribution >= 0.6 is 11.8 Å². The quantitative estimate of drug-likeness (QED) is 0.492. The molecule has 1 amide bonds. The maximum Gasteiger partial charge on any atom is 0.253 e. The fraction of sp³-hybridized carbons (Fsp3) is 0.333. The lowest BCUT2D eigenvalue weighted by Gasteiger charge is -2.10. The number of nitrogens with zero attached hydrogens (tertiary/aromatic N) is 7. The third-order valence-corrected chi connectivity index (χ3v) is 5.14. The van der Waals surface area contributed by atoms with Crippen LogP contribution in [0, 0.1) is 13.8 Å². The van der Waals surface area contributed by atoms with Crippen molar-refractivity contribution >= 4 is 29.1 Å². The van der Waals surface area contributed by atoms with E-state index in [9.17, 15) is 4.79 Å². The Labute approximate surface area is 165 Å². The summed E-state index contributed by atoms with van der Waals surface area (Å²) >= 11 is 1.46. The number of nitrogens with one attached hydrogen (secondary N) is 1. The topological polar surface area (TPSA) is 102 Å². The van der Waals surface area contributed by atoms with Gasteiger partial charge in [-0.3, -0.25) is 9.20 Å². The first-order chi connectivity index (χ1) is 13.6. The van der Waals surface area contributed by atoms with Gasteiger partial charge in [0.15, 0.2) is 5.65 Å². The number of amides is 1. The normalized spacial score (nSPS) is 11.4. The number of hydrogen-bond acceptors (Lipinski definition) is 7. The van der Waals surface area contributed by atoms with Crippen molar-refractivity contribution in [3.63, 3.8) is 0 Å². The lowest BCUT2D eigenvalue weighted by molar-refractivity contribution is -0.120. The summed E-state index contributed by atoms with van der Waals surface area (Å²) in [5, 5.41) is 16.3. The van der Waals surface area contributed by atoms with Gasteiger partial charge in [0.25, 0.3) is 5.78 Å². The van der Waals surface area contributed by atoms with E-state index in [1.807, 2.05) is 48.9 Å². The van der Waals surface area contributed by atoms with Crippen LogP contribution in [0.25, 0.3) is 11.4 Å². The van der Waals surface area contributed by atoms with Gasteiger partial charge in [-0.2, -0.15) is 4.98 Å². The van der Waals surface area contributed by atoms with Crippen molar-refractivity contribution in [1.29, 1.82) is 0 Å². The average Bonchev–Trinajstić information content (AvgIpc) is 3.29. The molecule has 0 aromatic carbocycles. The summed E-state index contributed by atoms with van der Waals surface area (Å²) in [6, 6.07) is 5.75. The molecule has 0 spiro atoms. The summed E-state index contributed by atoms with van der Waals surface area (Å²) in [5.74, 6) is 1.31. The molecule has 0 aliphatic rings. The second-order valence-electron chi connectivity index (χ2n) is 6.39. The molecular formula is C18H20N8OS. The van der Waals surface area contributed by atoms with E-state index in [0.717, 1.165) is 28.4 Å². The van der Waals surface area contributed by atoms with Gasteiger partial charge in [0.2, 0.25) is 11.1 Å². The molecule has 4 rings (SSSR count). The third-order valence-electron chi connectivity index (χ3n) is 4.60. The minimum Gasteiger partial charge on any atom is -0.355 e. The molecule has 0 radical (unpaired) electrons. The van der Waals surface area contributed by atoms with Crippen LogP contribution in [0.1, 0.15) is 22.8 Å². The molecule has 0 aliphatic heterocycles. The molecule has 0 fully saturated rings. The predicted molar refractivity (Wildman–Crippen MR) is 105 cm³/mol. The molecule has 0 saturated heterocycles. The molecule has 1 N–H and O–H groups in total. The van der Waals surface area contributed by atoms with E-state index in [1.165, 1.54) is 11.8 Å². The van der Waals surface area contributed by atoms with Crippen molar-refractivity contribution in [1.82, 2.24) is 39.5 Å². The molecule has 10 heteroatoms. The fourth-order valence-corrected chi connectivity index (χ4v) is 3.47. The van der Waals surface area contributed by atoms with E-state index in [2.05, 4.69) is 30.6 Å². The number of hydrogen-bond donors (Lipinski definition) is 1. The fourth-order valence-electron chi connectivity index (χ4n) is 3.13. The Morgan fingerprint density at radius 2 is 2.07 bits per heavy atom. The smallest absolute Gasteiger partial charge is 0.253 e. The number of aryl methyl sites for hydroxylation is 2. The number of carbonyl (C=O) groups excluding carboxylic acids is 1. The SMILES string of the molecule is CSc1nc2nc(C)c(CC(=O)NCCc3nnc4ccccn34)c(C)n2n1. The first kappa shape index (κ1) is 18.4. The van der Waals surface area contributed by atoms with Gasteiger partial charge in [0, 0.05) is 36.1 Å². The average molecular weight is 396 g/mol. The van der Waals surface area contributed by atoms with Gasteiger partial charge in [-0.1, -0.05) is 17.8 Å². The van der Waals surface area contributed by atoms with E-state index in [-0.39, 0.29) is 12.3 Å². The van der Waals surface area contributed by atoms with Crippen molar-refractivity contribution in [3.8, 4) is 0 Å². The Morgan fingerprint density at radius 1 is 1.21 bits per heavy atom. The van der Waals surface area contributed by atoms with Crippen LogP contribution in [0.5, 0.6) is 0 Å². The predicted octanol–water partition coefficient (Wildman–Crippen LogP) is 1.41. The first-order valence-corrected chi connectivity index (χ1v) is 10.1. The minimum atomic E-state index is -0.0635. The highest BCUT2D eigenvalue weighted by molar-refractivity contribution is 7.98. The number of pyridine rings is 1. The van der Waals surface area contributed by atoms with Crippen LogP contribution in [-0.4, -0.2) is 52.9 Å². The van der Waals surface area contributed by atoms with Crippen LogP contribution in [0.2, 0.25) is 0 Å². The summed E-state index contributed by atoms with van der Waals surface area (Å²) in [7, 11) is 0. The van der Waals surface area contributed by atoms with Crippen LogP contribution in [-0.2, 0) is 17.6 Å². The zero-order valence-electron chi connectivity index (χ0n) is 15.9. The summed E-state index contributed by atoms with van der Waals surface area (Å²) < 4.78 is 3.62. The molecule has 4 heterocycles. The number of fused-ring (bicyclic) bond motifs is 2. The molecule has 0 saturated carbocycles. The zero-order chi connectivity index (χ0) is 19.7. The van der Waals surface area contributed by atoms with Gasteiger partial charge in [0.05, 0.1) is 6.42 Å². The van der Waals surface area contributed by atoms with E-state index in [0.29, 0.717) is 23.9 Å². The molecule has 0 atom stereocenters. The van der Waals surface area contributed by atoms with Crippen molar-refractivity contribution in [2.45, 2.75) is 31.8 Å². The molecule has 4 aromatic heterocycles.